The highest BCUT2D eigenvalue weighted by Gasteiger charge is 2.43. The molecule has 0 bridgehead atoms. The van der Waals surface area contributed by atoms with Gasteiger partial charge in [-0.05, 0) is 17.0 Å². The fourth-order valence-electron chi connectivity index (χ4n) is 2.93. The molecule has 0 radical (unpaired) electrons. The third-order valence-corrected chi connectivity index (χ3v) is 4.98. The summed E-state index contributed by atoms with van der Waals surface area (Å²) >= 11 is 1.55. The molecule has 5 heteroatoms. The fraction of sp³-hybridized carbons (Fsp3) is 0.263. The van der Waals surface area contributed by atoms with Crippen LogP contribution in [0.5, 0.6) is 0 Å². The second kappa shape index (κ2) is 6.61. The molecule has 3 rings (SSSR count). The normalized spacial score (nSPS) is 17.9. The lowest BCUT2D eigenvalue weighted by Gasteiger charge is -2.26. The minimum Gasteiger partial charge on any atom is -0.503 e. The lowest BCUT2D eigenvalue weighted by molar-refractivity contribution is -0.130. The molecule has 1 aromatic heterocycles. The van der Waals surface area contributed by atoms with Gasteiger partial charge in [-0.1, -0.05) is 50.2 Å². The number of amides is 1. The van der Waals surface area contributed by atoms with Crippen molar-refractivity contribution in [3.05, 3.63) is 69.6 Å². The summed E-state index contributed by atoms with van der Waals surface area (Å²) in [5.41, 5.74) is 1.04. The van der Waals surface area contributed by atoms with Crippen LogP contribution in [0.2, 0.25) is 0 Å². The molecule has 1 aliphatic rings. The summed E-state index contributed by atoms with van der Waals surface area (Å²) in [4.78, 5) is 27.8. The quantitative estimate of drug-likeness (QED) is 0.898. The van der Waals surface area contributed by atoms with E-state index in [1.165, 1.54) is 0 Å². The van der Waals surface area contributed by atoms with Crippen LogP contribution in [0.25, 0.3) is 0 Å². The Balaban J connectivity index is 2.06. The summed E-state index contributed by atoms with van der Waals surface area (Å²) in [5, 5.41) is 12.3. The first-order chi connectivity index (χ1) is 11.5. The first-order valence-corrected chi connectivity index (χ1v) is 8.74. The van der Waals surface area contributed by atoms with Gasteiger partial charge in [-0.3, -0.25) is 9.59 Å². The summed E-state index contributed by atoms with van der Waals surface area (Å²) in [7, 11) is 0. The Hall–Kier alpha value is -2.40. The van der Waals surface area contributed by atoms with Crippen molar-refractivity contribution in [1.29, 1.82) is 0 Å². The molecule has 0 saturated heterocycles. The lowest BCUT2D eigenvalue weighted by Crippen LogP contribution is -2.30. The van der Waals surface area contributed by atoms with Crippen molar-refractivity contribution in [2.24, 2.45) is 5.92 Å². The number of aliphatic hydroxyl groups excluding tert-OH is 1. The molecule has 24 heavy (non-hydrogen) atoms. The van der Waals surface area contributed by atoms with E-state index in [2.05, 4.69) is 0 Å². The maximum atomic E-state index is 12.6. The Morgan fingerprint density at radius 2 is 1.92 bits per heavy atom. The summed E-state index contributed by atoms with van der Waals surface area (Å²) in [6.45, 7) is 3.92. The van der Waals surface area contributed by atoms with Crippen molar-refractivity contribution < 1.29 is 14.7 Å². The predicted molar refractivity (Wildman–Crippen MR) is 93.6 cm³/mol. The number of hydrogen-bond donors (Lipinski definition) is 1. The monoisotopic (exact) mass is 341 g/mol. The zero-order valence-corrected chi connectivity index (χ0v) is 14.4. The van der Waals surface area contributed by atoms with Crippen molar-refractivity contribution >= 4 is 23.0 Å². The Kier molecular flexibility index (Phi) is 4.53. The summed E-state index contributed by atoms with van der Waals surface area (Å²) in [5.74, 6) is -1.38. The molecule has 124 valence electrons. The molecule has 1 amide bonds. The average molecular weight is 341 g/mol. The minimum atomic E-state index is -0.546. The molecule has 1 unspecified atom stereocenters. The molecule has 4 nitrogen and oxygen atoms in total. The number of aliphatic hydroxyl groups is 1. The van der Waals surface area contributed by atoms with E-state index < -0.39 is 17.7 Å². The van der Waals surface area contributed by atoms with Crippen LogP contribution in [-0.2, 0) is 16.1 Å². The average Bonchev–Trinajstić information content (AvgIpc) is 3.17. The van der Waals surface area contributed by atoms with Gasteiger partial charge in [0, 0.05) is 10.8 Å². The number of Topliss-reactive ketones (excluding diaryl/α,β-unsaturated/α-hetero) is 1. The highest BCUT2D eigenvalue weighted by molar-refractivity contribution is 7.09. The zero-order chi connectivity index (χ0) is 17.3. The van der Waals surface area contributed by atoms with Gasteiger partial charge in [0.25, 0.3) is 5.91 Å². The van der Waals surface area contributed by atoms with E-state index in [1.807, 2.05) is 47.8 Å². The van der Waals surface area contributed by atoms with E-state index in [9.17, 15) is 14.7 Å². The van der Waals surface area contributed by atoms with Gasteiger partial charge in [-0.2, -0.15) is 0 Å². The fourth-order valence-corrected chi connectivity index (χ4v) is 3.63. The lowest BCUT2D eigenvalue weighted by atomic mass is 9.91. The molecule has 1 aromatic carbocycles. The van der Waals surface area contributed by atoms with Crippen LogP contribution < -0.4 is 0 Å². The Morgan fingerprint density at radius 3 is 2.50 bits per heavy atom. The van der Waals surface area contributed by atoms with Crippen LogP contribution in [0.15, 0.2) is 59.2 Å². The number of benzene rings is 1. The molecule has 0 fully saturated rings. The van der Waals surface area contributed by atoms with Crippen LogP contribution in [-0.4, -0.2) is 21.7 Å². The van der Waals surface area contributed by atoms with Crippen LogP contribution >= 0.6 is 11.3 Å². The summed E-state index contributed by atoms with van der Waals surface area (Å²) in [6.07, 6.45) is 0. The largest absolute Gasteiger partial charge is 0.503 e. The maximum Gasteiger partial charge on any atom is 0.290 e. The van der Waals surface area contributed by atoms with Gasteiger partial charge in [0.15, 0.2) is 11.5 Å². The number of hydrogen-bond acceptors (Lipinski definition) is 4. The van der Waals surface area contributed by atoms with E-state index in [-0.39, 0.29) is 17.3 Å². The third-order valence-electron chi connectivity index (χ3n) is 4.12. The number of nitrogens with zero attached hydrogens (tertiary/aromatic N) is 1. The molecule has 1 atom stereocenters. The van der Waals surface area contributed by atoms with Crippen molar-refractivity contribution in [1.82, 2.24) is 4.90 Å². The van der Waals surface area contributed by atoms with E-state index in [1.54, 1.807) is 30.1 Å². The molecule has 1 N–H and O–H groups in total. The third kappa shape index (κ3) is 2.87. The number of ketones is 1. The van der Waals surface area contributed by atoms with Gasteiger partial charge in [0.1, 0.15) is 0 Å². The maximum absolute atomic E-state index is 12.6. The van der Waals surface area contributed by atoms with Crippen LogP contribution in [0.4, 0.5) is 0 Å². The van der Waals surface area contributed by atoms with Gasteiger partial charge in [-0.25, -0.2) is 0 Å². The van der Waals surface area contributed by atoms with Gasteiger partial charge in [0.2, 0.25) is 0 Å². The summed E-state index contributed by atoms with van der Waals surface area (Å²) in [6, 6.07) is 12.7. The van der Waals surface area contributed by atoms with Crippen LogP contribution in [0, 0.1) is 5.92 Å². The second-order valence-corrected chi connectivity index (χ2v) is 7.14. The molecule has 2 heterocycles. The van der Waals surface area contributed by atoms with E-state index >= 15 is 0 Å². The van der Waals surface area contributed by atoms with Crippen LogP contribution in [0.1, 0.15) is 30.3 Å². The highest BCUT2D eigenvalue weighted by Crippen LogP contribution is 2.39. The highest BCUT2D eigenvalue weighted by atomic mass is 32.1. The Bertz CT molecular complexity index is 778. The first-order valence-electron chi connectivity index (χ1n) is 7.86. The Morgan fingerprint density at radius 1 is 1.21 bits per heavy atom. The van der Waals surface area contributed by atoms with Crippen molar-refractivity contribution in [3.63, 3.8) is 0 Å². The van der Waals surface area contributed by atoms with Gasteiger partial charge < -0.3 is 10.0 Å². The molecule has 1 aliphatic heterocycles. The number of carbonyl (C=O) groups excluding carboxylic acids is 2. The minimum absolute atomic E-state index is 0.191. The molecule has 0 saturated carbocycles. The number of rotatable bonds is 5. The van der Waals surface area contributed by atoms with Crippen molar-refractivity contribution in [2.75, 3.05) is 0 Å². The Labute approximate surface area is 145 Å². The first kappa shape index (κ1) is 16.5. The van der Waals surface area contributed by atoms with Crippen molar-refractivity contribution in [2.45, 2.75) is 26.4 Å². The SMILES string of the molecule is CC(C)C(=O)C1=C(O)C(=O)N(Cc2cccs2)C1c1ccccc1. The van der Waals surface area contributed by atoms with Gasteiger partial charge in [-0.15, -0.1) is 11.3 Å². The van der Waals surface area contributed by atoms with Crippen molar-refractivity contribution in [3.8, 4) is 0 Å². The molecular weight excluding hydrogens is 322 g/mol. The van der Waals surface area contributed by atoms with Gasteiger partial charge >= 0.3 is 0 Å². The number of thiophene rings is 1. The molecule has 0 spiro atoms. The molecular formula is C19H19NO3S. The molecule has 2 aromatic rings. The topological polar surface area (TPSA) is 57.6 Å². The number of carbonyl (C=O) groups is 2. The van der Waals surface area contributed by atoms with E-state index in [0.29, 0.717) is 6.54 Å². The van der Waals surface area contributed by atoms with E-state index in [0.717, 1.165) is 10.4 Å². The standard InChI is InChI=1S/C19H19NO3S/c1-12(2)17(21)15-16(13-7-4-3-5-8-13)20(19(23)18(15)22)11-14-9-6-10-24-14/h3-10,12,16,22H,11H2,1-2H3. The van der Waals surface area contributed by atoms with Crippen LogP contribution in [0.3, 0.4) is 0 Å². The smallest absolute Gasteiger partial charge is 0.290 e. The predicted octanol–water partition coefficient (Wildman–Crippen LogP) is 3.87. The summed E-state index contributed by atoms with van der Waals surface area (Å²) < 4.78 is 0. The second-order valence-electron chi connectivity index (χ2n) is 6.11. The molecule has 0 aliphatic carbocycles. The zero-order valence-electron chi connectivity index (χ0n) is 13.6. The van der Waals surface area contributed by atoms with Gasteiger partial charge in [0.05, 0.1) is 18.2 Å². The van der Waals surface area contributed by atoms with E-state index in [4.69, 9.17) is 0 Å².